The molecule has 0 radical (unpaired) electrons. The summed E-state index contributed by atoms with van der Waals surface area (Å²) in [5.74, 6) is 3.36. The quantitative estimate of drug-likeness (QED) is 0.466. The van der Waals surface area contributed by atoms with Crippen molar-refractivity contribution in [1.29, 1.82) is 0 Å². The number of nitrogens with zero attached hydrogens (tertiary/aromatic N) is 3. The van der Waals surface area contributed by atoms with Gasteiger partial charge in [-0.25, -0.2) is 9.97 Å². The largest absolute Gasteiger partial charge is 0.396 e. The predicted molar refractivity (Wildman–Crippen MR) is 66.7 cm³/mol. The lowest BCUT2D eigenvalue weighted by molar-refractivity contribution is 0.298. The van der Waals surface area contributed by atoms with E-state index < -0.39 is 0 Å². The molecule has 5 heteroatoms. The van der Waals surface area contributed by atoms with Crippen LogP contribution in [0.2, 0.25) is 0 Å². The van der Waals surface area contributed by atoms with Gasteiger partial charge < -0.3 is 10.0 Å². The van der Waals surface area contributed by atoms with Crippen molar-refractivity contribution in [3.63, 3.8) is 0 Å². The van der Waals surface area contributed by atoms with E-state index in [9.17, 15) is 0 Å². The smallest absolute Gasteiger partial charge is 0.189 e. The minimum absolute atomic E-state index is 0.0864. The predicted octanol–water partition coefficient (Wildman–Crippen LogP) is 0.803. The van der Waals surface area contributed by atoms with E-state index in [1.165, 1.54) is 11.8 Å². The van der Waals surface area contributed by atoms with Crippen molar-refractivity contribution in [2.45, 2.75) is 11.6 Å². The zero-order valence-electron chi connectivity index (χ0n) is 9.47. The second kappa shape index (κ2) is 6.36. The van der Waals surface area contributed by atoms with Crippen LogP contribution in [-0.4, -0.2) is 41.5 Å². The molecule has 0 spiro atoms. The minimum atomic E-state index is 0.0864. The monoisotopic (exact) mass is 237 g/mol. The highest BCUT2D eigenvalue weighted by atomic mass is 32.2. The molecule has 0 saturated heterocycles. The summed E-state index contributed by atoms with van der Waals surface area (Å²) < 4.78 is 0. The average Bonchev–Trinajstić information content (AvgIpc) is 2.29. The first-order valence-electron chi connectivity index (χ1n) is 4.88. The number of aromatic nitrogens is 2. The third-order valence-corrected chi connectivity index (χ3v) is 2.56. The number of anilines is 1. The van der Waals surface area contributed by atoms with Crippen LogP contribution in [0.1, 0.15) is 5.69 Å². The second-order valence-electron chi connectivity index (χ2n) is 3.24. The highest BCUT2D eigenvalue weighted by molar-refractivity contribution is 7.98. The van der Waals surface area contributed by atoms with Crippen molar-refractivity contribution in [2.75, 3.05) is 31.4 Å². The van der Waals surface area contributed by atoms with E-state index in [2.05, 4.69) is 15.9 Å². The minimum Gasteiger partial charge on any atom is -0.396 e. The normalized spacial score (nSPS) is 9.88. The van der Waals surface area contributed by atoms with Crippen LogP contribution < -0.4 is 4.90 Å². The highest BCUT2D eigenvalue weighted by Crippen LogP contribution is 2.16. The Balaban J connectivity index is 2.99. The Kier molecular flexibility index (Phi) is 5.09. The molecule has 0 amide bonds. The number of hydrogen-bond acceptors (Lipinski definition) is 5. The first-order valence-corrected chi connectivity index (χ1v) is 6.11. The molecule has 0 aromatic carbocycles. The summed E-state index contributed by atoms with van der Waals surface area (Å²) in [4.78, 5) is 10.5. The SMILES string of the molecule is C#CCN(C)c1cc(CCO)nc(SC)n1. The molecule has 0 atom stereocenters. The van der Waals surface area contributed by atoms with Crippen molar-refractivity contribution in [2.24, 2.45) is 0 Å². The van der Waals surface area contributed by atoms with E-state index in [1.807, 2.05) is 24.3 Å². The Morgan fingerprint density at radius 3 is 2.88 bits per heavy atom. The molecule has 1 aromatic rings. The van der Waals surface area contributed by atoms with Crippen molar-refractivity contribution < 1.29 is 5.11 Å². The third-order valence-electron chi connectivity index (χ3n) is 2.02. The summed E-state index contributed by atoms with van der Waals surface area (Å²) in [7, 11) is 1.88. The maximum Gasteiger partial charge on any atom is 0.189 e. The molecule has 86 valence electrons. The van der Waals surface area contributed by atoms with E-state index in [-0.39, 0.29) is 6.61 Å². The lowest BCUT2D eigenvalue weighted by Crippen LogP contribution is -2.19. The van der Waals surface area contributed by atoms with Gasteiger partial charge in [-0.05, 0) is 6.26 Å². The Morgan fingerprint density at radius 1 is 1.56 bits per heavy atom. The maximum atomic E-state index is 8.90. The number of hydrogen-bond donors (Lipinski definition) is 1. The molecule has 1 aromatic heterocycles. The van der Waals surface area contributed by atoms with Crippen LogP contribution in [0.5, 0.6) is 0 Å². The fourth-order valence-corrected chi connectivity index (χ4v) is 1.60. The van der Waals surface area contributed by atoms with Crippen LogP contribution in [0.15, 0.2) is 11.2 Å². The Morgan fingerprint density at radius 2 is 2.31 bits per heavy atom. The van der Waals surface area contributed by atoms with Gasteiger partial charge >= 0.3 is 0 Å². The van der Waals surface area contributed by atoms with Gasteiger partial charge in [0.05, 0.1) is 6.54 Å². The topological polar surface area (TPSA) is 49.2 Å². The fourth-order valence-electron chi connectivity index (χ4n) is 1.21. The van der Waals surface area contributed by atoms with Crippen molar-refractivity contribution in [1.82, 2.24) is 9.97 Å². The summed E-state index contributed by atoms with van der Waals surface area (Å²) in [6, 6.07) is 1.85. The van der Waals surface area contributed by atoms with Crippen LogP contribution in [0.25, 0.3) is 0 Å². The van der Waals surface area contributed by atoms with Gasteiger partial charge in [0.25, 0.3) is 0 Å². The molecule has 0 fully saturated rings. The number of rotatable bonds is 5. The highest BCUT2D eigenvalue weighted by Gasteiger charge is 2.07. The van der Waals surface area contributed by atoms with E-state index in [1.54, 1.807) is 0 Å². The van der Waals surface area contributed by atoms with Crippen LogP contribution in [0, 0.1) is 12.3 Å². The van der Waals surface area contributed by atoms with Gasteiger partial charge in [-0.15, -0.1) is 6.42 Å². The van der Waals surface area contributed by atoms with Gasteiger partial charge in [-0.3, -0.25) is 0 Å². The zero-order valence-corrected chi connectivity index (χ0v) is 10.3. The fraction of sp³-hybridized carbons (Fsp3) is 0.455. The second-order valence-corrected chi connectivity index (χ2v) is 4.01. The van der Waals surface area contributed by atoms with E-state index in [0.717, 1.165) is 11.5 Å². The summed E-state index contributed by atoms with van der Waals surface area (Å²) in [6.07, 6.45) is 7.71. The molecule has 0 aliphatic heterocycles. The van der Waals surface area contributed by atoms with E-state index in [4.69, 9.17) is 11.5 Å². The van der Waals surface area contributed by atoms with Crippen LogP contribution >= 0.6 is 11.8 Å². The number of terminal acetylenes is 1. The molecule has 1 heterocycles. The molecule has 0 saturated carbocycles. The summed E-state index contributed by atoms with van der Waals surface area (Å²) >= 11 is 1.48. The van der Waals surface area contributed by atoms with Crippen LogP contribution in [0.3, 0.4) is 0 Å². The van der Waals surface area contributed by atoms with E-state index >= 15 is 0 Å². The molecular formula is C11H15N3OS. The van der Waals surface area contributed by atoms with Crippen molar-refractivity contribution in [3.8, 4) is 12.3 Å². The maximum absolute atomic E-state index is 8.90. The van der Waals surface area contributed by atoms with Gasteiger partial charge in [-0.1, -0.05) is 17.7 Å². The Labute approximate surface area is 100 Å². The Hall–Kier alpha value is -1.25. The molecule has 0 aliphatic rings. The molecule has 0 unspecified atom stereocenters. The van der Waals surface area contributed by atoms with Gasteiger partial charge in [0.2, 0.25) is 0 Å². The summed E-state index contributed by atoms with van der Waals surface area (Å²) in [6.45, 7) is 0.590. The van der Waals surface area contributed by atoms with Crippen LogP contribution in [-0.2, 0) is 6.42 Å². The standard InChI is InChI=1S/C11H15N3OS/c1-4-6-14(2)10-8-9(5-7-15)12-11(13-10)16-3/h1,8,15H,5-7H2,2-3H3. The average molecular weight is 237 g/mol. The van der Waals surface area contributed by atoms with Gasteiger partial charge in [0.15, 0.2) is 5.16 Å². The summed E-state index contributed by atoms with van der Waals surface area (Å²) in [5, 5.41) is 9.60. The molecule has 16 heavy (non-hydrogen) atoms. The third kappa shape index (κ3) is 3.40. The number of thioether (sulfide) groups is 1. The first-order chi connectivity index (χ1) is 7.71. The Bertz CT molecular complexity index is 389. The molecule has 0 bridgehead atoms. The first kappa shape index (κ1) is 12.8. The van der Waals surface area contributed by atoms with E-state index in [0.29, 0.717) is 18.1 Å². The van der Waals surface area contributed by atoms with Gasteiger partial charge in [0, 0.05) is 31.8 Å². The van der Waals surface area contributed by atoms with Gasteiger partial charge in [0.1, 0.15) is 5.82 Å². The molecular weight excluding hydrogens is 222 g/mol. The molecule has 4 nitrogen and oxygen atoms in total. The molecule has 1 rings (SSSR count). The summed E-state index contributed by atoms with van der Waals surface area (Å²) in [5.41, 5.74) is 0.834. The molecule has 1 N–H and O–H groups in total. The number of aliphatic hydroxyl groups is 1. The van der Waals surface area contributed by atoms with Crippen molar-refractivity contribution >= 4 is 17.6 Å². The molecule has 0 aliphatic carbocycles. The lowest BCUT2D eigenvalue weighted by Gasteiger charge is -2.16. The van der Waals surface area contributed by atoms with Crippen molar-refractivity contribution in [3.05, 3.63) is 11.8 Å². The zero-order chi connectivity index (χ0) is 12.0. The lowest BCUT2D eigenvalue weighted by atomic mass is 10.3. The van der Waals surface area contributed by atoms with Crippen LogP contribution in [0.4, 0.5) is 5.82 Å². The van der Waals surface area contributed by atoms with Gasteiger partial charge in [-0.2, -0.15) is 0 Å². The number of aliphatic hydroxyl groups excluding tert-OH is 1.